The molecule has 0 fully saturated rings. The zero-order valence-electron chi connectivity index (χ0n) is 7.81. The number of benzene rings is 1. The summed E-state index contributed by atoms with van der Waals surface area (Å²) in [7, 11) is 0. The first kappa shape index (κ1) is 10.9. The summed E-state index contributed by atoms with van der Waals surface area (Å²) in [6.07, 6.45) is 1.26. The van der Waals surface area contributed by atoms with Crippen LogP contribution < -0.4 is 5.32 Å². The van der Waals surface area contributed by atoms with Crippen LogP contribution in [0, 0.1) is 0 Å². The van der Waals surface area contributed by atoms with E-state index in [9.17, 15) is 4.79 Å². The summed E-state index contributed by atoms with van der Waals surface area (Å²) in [5.41, 5.74) is 1.10. The molecule has 74 valence electrons. The lowest BCUT2D eigenvalue weighted by molar-refractivity contribution is -0.116. The molecule has 0 aliphatic rings. The van der Waals surface area contributed by atoms with Crippen LogP contribution in [-0.4, -0.2) is 12.5 Å². The summed E-state index contributed by atoms with van der Waals surface area (Å²) in [4.78, 5) is 10.9. The summed E-state index contributed by atoms with van der Waals surface area (Å²) in [6.45, 7) is 3.89. The molecule has 1 aromatic rings. The third kappa shape index (κ3) is 3.26. The van der Waals surface area contributed by atoms with Crippen molar-refractivity contribution < 1.29 is 4.79 Å². The Morgan fingerprint density at radius 3 is 2.71 bits per heavy atom. The highest BCUT2D eigenvalue weighted by Gasteiger charge is 2.05. The molecule has 1 rings (SSSR count). The number of hydrogen-bond donors (Lipinski definition) is 2. The van der Waals surface area contributed by atoms with Gasteiger partial charge in [-0.05, 0) is 11.6 Å². The number of carbonyl (C=O) groups excluding carboxylic acids is 1. The van der Waals surface area contributed by atoms with Gasteiger partial charge < -0.3 is 5.32 Å². The molecule has 1 aromatic carbocycles. The van der Waals surface area contributed by atoms with Gasteiger partial charge in [0.2, 0.25) is 5.91 Å². The normalized spacial score (nSPS) is 11.8. The number of carbonyl (C=O) groups is 1. The van der Waals surface area contributed by atoms with Crippen LogP contribution >= 0.6 is 12.6 Å². The molecule has 14 heavy (non-hydrogen) atoms. The summed E-state index contributed by atoms with van der Waals surface area (Å²) in [5, 5.41) is 2.73. The van der Waals surface area contributed by atoms with Gasteiger partial charge in [-0.15, -0.1) is 0 Å². The van der Waals surface area contributed by atoms with Crippen molar-refractivity contribution >= 4 is 18.5 Å². The van der Waals surface area contributed by atoms with Crippen LogP contribution in [0.25, 0.3) is 0 Å². The maximum absolute atomic E-state index is 10.9. The second kappa shape index (κ2) is 5.50. The van der Waals surface area contributed by atoms with Crippen molar-refractivity contribution in [2.24, 2.45) is 0 Å². The molecule has 1 atom stereocenters. The second-order valence-electron chi connectivity index (χ2n) is 2.88. The fourth-order valence-corrected chi connectivity index (χ4v) is 1.33. The maximum Gasteiger partial charge on any atom is 0.243 e. The molecule has 0 aromatic heterocycles. The Kier molecular flexibility index (Phi) is 4.26. The van der Waals surface area contributed by atoms with E-state index in [-0.39, 0.29) is 11.2 Å². The molecule has 0 spiro atoms. The minimum atomic E-state index is -0.167. The number of amides is 1. The van der Waals surface area contributed by atoms with Crippen molar-refractivity contribution in [3.8, 4) is 0 Å². The third-order valence-corrected chi connectivity index (χ3v) is 2.32. The summed E-state index contributed by atoms with van der Waals surface area (Å²) < 4.78 is 0. The molecule has 0 saturated heterocycles. The first-order chi connectivity index (χ1) is 6.74. The van der Waals surface area contributed by atoms with Gasteiger partial charge in [-0.3, -0.25) is 4.79 Å². The van der Waals surface area contributed by atoms with E-state index in [4.69, 9.17) is 0 Å². The molecule has 3 heteroatoms. The fourth-order valence-electron chi connectivity index (χ4n) is 1.06. The Morgan fingerprint density at radius 2 is 2.14 bits per heavy atom. The smallest absolute Gasteiger partial charge is 0.243 e. The first-order valence-electron chi connectivity index (χ1n) is 4.37. The third-order valence-electron chi connectivity index (χ3n) is 1.84. The second-order valence-corrected chi connectivity index (χ2v) is 3.50. The quantitative estimate of drug-likeness (QED) is 0.573. The topological polar surface area (TPSA) is 29.1 Å². The van der Waals surface area contributed by atoms with E-state index in [1.165, 1.54) is 6.08 Å². The molecule has 1 amide bonds. The SMILES string of the molecule is C=CC(=O)NCC(S)c1ccccc1. The molecule has 1 unspecified atom stereocenters. The van der Waals surface area contributed by atoms with Gasteiger partial charge in [0.1, 0.15) is 0 Å². The zero-order valence-corrected chi connectivity index (χ0v) is 8.71. The monoisotopic (exact) mass is 207 g/mol. The lowest BCUT2D eigenvalue weighted by Gasteiger charge is -2.10. The van der Waals surface area contributed by atoms with Crippen molar-refractivity contribution in [3.05, 3.63) is 48.6 Å². The van der Waals surface area contributed by atoms with Crippen LogP contribution in [0.4, 0.5) is 0 Å². The molecular weight excluding hydrogens is 194 g/mol. The molecular formula is C11H13NOS. The van der Waals surface area contributed by atoms with Gasteiger partial charge in [0, 0.05) is 11.8 Å². The molecule has 0 aliphatic carbocycles. The minimum absolute atomic E-state index is 0.0279. The van der Waals surface area contributed by atoms with Crippen LogP contribution in [0.1, 0.15) is 10.8 Å². The largest absolute Gasteiger partial charge is 0.351 e. The molecule has 2 nitrogen and oxygen atoms in total. The van der Waals surface area contributed by atoms with Gasteiger partial charge in [-0.1, -0.05) is 36.9 Å². The Morgan fingerprint density at radius 1 is 1.50 bits per heavy atom. The van der Waals surface area contributed by atoms with Crippen molar-refractivity contribution in [1.82, 2.24) is 5.32 Å². The van der Waals surface area contributed by atoms with E-state index in [0.29, 0.717) is 6.54 Å². The van der Waals surface area contributed by atoms with Crippen molar-refractivity contribution in [3.63, 3.8) is 0 Å². The molecule has 0 aliphatic heterocycles. The maximum atomic E-state index is 10.9. The Hall–Kier alpha value is -1.22. The Labute approximate surface area is 89.4 Å². The molecule has 0 radical (unpaired) electrons. The molecule has 0 saturated carbocycles. The van der Waals surface area contributed by atoms with E-state index >= 15 is 0 Å². The average molecular weight is 207 g/mol. The standard InChI is InChI=1S/C11H13NOS/c1-2-11(13)12-8-10(14)9-6-4-3-5-7-9/h2-7,10,14H,1,8H2,(H,12,13). The molecule has 1 N–H and O–H groups in total. The predicted molar refractivity (Wildman–Crippen MR) is 61.4 cm³/mol. The van der Waals surface area contributed by atoms with Crippen LogP contribution in [0.3, 0.4) is 0 Å². The fraction of sp³-hybridized carbons (Fsp3) is 0.182. The van der Waals surface area contributed by atoms with Crippen molar-refractivity contribution in [2.45, 2.75) is 5.25 Å². The van der Waals surface area contributed by atoms with Gasteiger partial charge >= 0.3 is 0 Å². The predicted octanol–water partition coefficient (Wildman–Crippen LogP) is 1.96. The lowest BCUT2D eigenvalue weighted by atomic mass is 10.1. The minimum Gasteiger partial charge on any atom is -0.351 e. The Balaban J connectivity index is 2.47. The highest BCUT2D eigenvalue weighted by molar-refractivity contribution is 7.80. The Bertz CT molecular complexity index is 310. The van der Waals surface area contributed by atoms with E-state index < -0.39 is 0 Å². The van der Waals surface area contributed by atoms with Gasteiger partial charge in [-0.25, -0.2) is 0 Å². The summed E-state index contributed by atoms with van der Waals surface area (Å²) >= 11 is 4.38. The number of nitrogens with one attached hydrogen (secondary N) is 1. The van der Waals surface area contributed by atoms with Gasteiger partial charge in [0.25, 0.3) is 0 Å². The van der Waals surface area contributed by atoms with E-state index in [1.807, 2.05) is 30.3 Å². The van der Waals surface area contributed by atoms with Gasteiger partial charge in [0.15, 0.2) is 0 Å². The average Bonchev–Trinajstić information content (AvgIpc) is 2.26. The van der Waals surface area contributed by atoms with Crippen LogP contribution in [0.15, 0.2) is 43.0 Å². The van der Waals surface area contributed by atoms with Crippen molar-refractivity contribution in [2.75, 3.05) is 6.54 Å². The van der Waals surface area contributed by atoms with Crippen molar-refractivity contribution in [1.29, 1.82) is 0 Å². The molecule has 0 heterocycles. The summed E-state index contributed by atoms with van der Waals surface area (Å²) in [6, 6.07) is 9.82. The van der Waals surface area contributed by atoms with Gasteiger partial charge in [0.05, 0.1) is 0 Å². The molecule has 0 bridgehead atoms. The highest BCUT2D eigenvalue weighted by atomic mass is 32.1. The zero-order chi connectivity index (χ0) is 10.4. The van der Waals surface area contributed by atoms with Crippen LogP contribution in [-0.2, 0) is 4.79 Å². The number of rotatable bonds is 4. The van der Waals surface area contributed by atoms with Crippen LogP contribution in [0.5, 0.6) is 0 Å². The number of thiol groups is 1. The van der Waals surface area contributed by atoms with E-state index in [1.54, 1.807) is 0 Å². The lowest BCUT2D eigenvalue weighted by Crippen LogP contribution is -2.24. The number of hydrogen-bond acceptors (Lipinski definition) is 2. The van der Waals surface area contributed by atoms with Gasteiger partial charge in [-0.2, -0.15) is 12.6 Å². The summed E-state index contributed by atoms with van der Waals surface area (Å²) in [5.74, 6) is -0.167. The van der Waals surface area contributed by atoms with E-state index in [2.05, 4.69) is 24.5 Å². The first-order valence-corrected chi connectivity index (χ1v) is 4.89. The van der Waals surface area contributed by atoms with Crippen LogP contribution in [0.2, 0.25) is 0 Å². The highest BCUT2D eigenvalue weighted by Crippen LogP contribution is 2.17. The van der Waals surface area contributed by atoms with E-state index in [0.717, 1.165) is 5.56 Å².